The number of hydrogen-bond acceptors (Lipinski definition) is 6. The molecule has 0 atom stereocenters. The fraction of sp³-hybridized carbons (Fsp3) is 0.0625. The van der Waals surface area contributed by atoms with E-state index in [1.807, 2.05) is 36.4 Å². The summed E-state index contributed by atoms with van der Waals surface area (Å²) < 4.78 is 16.1. The first-order valence-electron chi connectivity index (χ1n) is 6.72. The summed E-state index contributed by atoms with van der Waals surface area (Å²) in [5.74, 6) is 1.70. The van der Waals surface area contributed by atoms with Gasteiger partial charge in [0.25, 0.3) is 0 Å². The highest BCUT2D eigenvalue weighted by molar-refractivity contribution is 5.72. The quantitative estimate of drug-likeness (QED) is 0.569. The van der Waals surface area contributed by atoms with Gasteiger partial charge in [-0.3, -0.25) is 0 Å². The van der Waals surface area contributed by atoms with E-state index in [-0.39, 0.29) is 6.08 Å². The van der Waals surface area contributed by atoms with Crippen LogP contribution in [0.25, 0.3) is 22.5 Å². The van der Waals surface area contributed by atoms with Crippen molar-refractivity contribution in [3.05, 3.63) is 54.4 Å². The number of aryl methyl sites for hydroxylation is 1. The van der Waals surface area contributed by atoms with Crippen molar-refractivity contribution < 1.29 is 13.7 Å². The second-order valence-electron chi connectivity index (χ2n) is 4.71. The summed E-state index contributed by atoms with van der Waals surface area (Å²) in [6.07, 6.45) is 0.212. The molecule has 108 valence electrons. The van der Waals surface area contributed by atoms with Crippen LogP contribution in [0.1, 0.15) is 5.89 Å². The molecular weight excluding hydrogens is 282 g/mol. The third-order valence-electron chi connectivity index (χ3n) is 3.12. The predicted molar refractivity (Wildman–Crippen MR) is 78.6 cm³/mol. The number of benzene rings is 2. The number of aromatic nitrogens is 3. The molecular formula is C16H11N3O3. The van der Waals surface area contributed by atoms with E-state index >= 15 is 0 Å². The predicted octanol–water partition coefficient (Wildman–Crippen LogP) is 3.98. The molecule has 0 unspecified atom stereocenters. The summed E-state index contributed by atoms with van der Waals surface area (Å²) in [6, 6.07) is 14.8. The van der Waals surface area contributed by atoms with E-state index < -0.39 is 0 Å². The van der Waals surface area contributed by atoms with Crippen LogP contribution in [0.5, 0.6) is 11.8 Å². The van der Waals surface area contributed by atoms with Gasteiger partial charge >= 0.3 is 6.08 Å². The lowest BCUT2D eigenvalue weighted by molar-refractivity contribution is 0.343. The monoisotopic (exact) mass is 293 g/mol. The average molecular weight is 293 g/mol. The lowest BCUT2D eigenvalue weighted by Crippen LogP contribution is -1.85. The van der Waals surface area contributed by atoms with Crippen LogP contribution in [0.2, 0.25) is 0 Å². The third kappa shape index (κ3) is 2.31. The molecule has 4 aromatic rings. The highest BCUT2D eigenvalue weighted by Crippen LogP contribution is 2.26. The molecule has 0 bridgehead atoms. The molecule has 0 fully saturated rings. The zero-order valence-electron chi connectivity index (χ0n) is 11.7. The molecule has 2 aromatic heterocycles. The van der Waals surface area contributed by atoms with E-state index in [0.717, 1.165) is 11.1 Å². The molecule has 6 nitrogen and oxygen atoms in total. The Morgan fingerprint density at radius 2 is 1.77 bits per heavy atom. The fourth-order valence-electron chi connectivity index (χ4n) is 2.08. The lowest BCUT2D eigenvalue weighted by atomic mass is 10.2. The van der Waals surface area contributed by atoms with Crippen molar-refractivity contribution in [2.24, 2.45) is 0 Å². The van der Waals surface area contributed by atoms with Gasteiger partial charge in [0, 0.05) is 12.5 Å². The van der Waals surface area contributed by atoms with Gasteiger partial charge in [-0.2, -0.15) is 9.97 Å². The van der Waals surface area contributed by atoms with Crippen molar-refractivity contribution in [1.29, 1.82) is 0 Å². The molecule has 0 saturated heterocycles. The van der Waals surface area contributed by atoms with E-state index in [1.54, 1.807) is 19.1 Å². The molecule has 2 heterocycles. The number of rotatable bonds is 3. The Kier molecular flexibility index (Phi) is 2.86. The van der Waals surface area contributed by atoms with E-state index in [1.165, 1.54) is 0 Å². The molecule has 0 aliphatic carbocycles. The van der Waals surface area contributed by atoms with Gasteiger partial charge in [-0.05, 0) is 36.4 Å². The molecule has 0 aliphatic rings. The molecule has 4 rings (SSSR count). The zero-order chi connectivity index (χ0) is 14.9. The van der Waals surface area contributed by atoms with Crippen molar-refractivity contribution in [3.8, 4) is 23.2 Å². The van der Waals surface area contributed by atoms with Crippen LogP contribution < -0.4 is 4.74 Å². The van der Waals surface area contributed by atoms with Crippen molar-refractivity contribution in [2.45, 2.75) is 6.92 Å². The van der Waals surface area contributed by atoms with Gasteiger partial charge in [-0.15, -0.1) is 0 Å². The number of hydrogen-bond donors (Lipinski definition) is 0. The number of ether oxygens (including phenoxy) is 1. The lowest BCUT2D eigenvalue weighted by Gasteiger charge is -2.00. The first-order valence-corrected chi connectivity index (χ1v) is 6.72. The first kappa shape index (κ1) is 12.6. The Hall–Kier alpha value is -3.15. The number of para-hydroxylation sites is 2. The summed E-state index contributed by atoms with van der Waals surface area (Å²) >= 11 is 0. The third-order valence-corrected chi connectivity index (χ3v) is 3.12. The topological polar surface area (TPSA) is 74.2 Å². The normalized spacial score (nSPS) is 11.0. The van der Waals surface area contributed by atoms with Crippen LogP contribution in [0, 0.1) is 6.92 Å². The minimum atomic E-state index is 0.212. The Morgan fingerprint density at radius 3 is 2.50 bits per heavy atom. The Balaban J connectivity index is 1.58. The van der Waals surface area contributed by atoms with Gasteiger partial charge in [0.15, 0.2) is 5.58 Å². The van der Waals surface area contributed by atoms with Gasteiger partial charge in [0.2, 0.25) is 11.7 Å². The molecule has 6 heteroatoms. The highest BCUT2D eigenvalue weighted by Gasteiger charge is 2.09. The van der Waals surface area contributed by atoms with Gasteiger partial charge in [-0.25, -0.2) is 0 Å². The van der Waals surface area contributed by atoms with Crippen LogP contribution >= 0.6 is 0 Å². The van der Waals surface area contributed by atoms with Gasteiger partial charge < -0.3 is 13.7 Å². The Labute approximate surface area is 125 Å². The van der Waals surface area contributed by atoms with E-state index in [2.05, 4.69) is 15.1 Å². The average Bonchev–Trinajstić information content (AvgIpc) is 3.13. The minimum absolute atomic E-state index is 0.212. The largest absolute Gasteiger partial charge is 0.411 e. The minimum Gasteiger partial charge on any atom is -0.411 e. The SMILES string of the molecule is Cc1nc(-c2ccc(Oc3nc4ccccc4o3)cc2)no1. The standard InChI is InChI=1S/C16H11N3O3/c1-10-17-15(19-22-10)11-6-8-12(9-7-11)20-16-18-13-4-2-3-5-14(13)21-16/h2-9H,1H3. The molecule has 0 radical (unpaired) electrons. The molecule has 0 N–H and O–H groups in total. The highest BCUT2D eigenvalue weighted by atomic mass is 16.6. The molecule has 0 spiro atoms. The zero-order valence-corrected chi connectivity index (χ0v) is 11.7. The van der Waals surface area contributed by atoms with Crippen molar-refractivity contribution in [3.63, 3.8) is 0 Å². The van der Waals surface area contributed by atoms with Gasteiger partial charge in [-0.1, -0.05) is 17.3 Å². The van der Waals surface area contributed by atoms with E-state index in [4.69, 9.17) is 13.7 Å². The molecule has 0 aliphatic heterocycles. The van der Waals surface area contributed by atoms with Crippen molar-refractivity contribution in [1.82, 2.24) is 15.1 Å². The second kappa shape index (κ2) is 5.00. The van der Waals surface area contributed by atoms with Gasteiger partial charge in [0.1, 0.15) is 11.3 Å². The smallest absolute Gasteiger partial charge is 0.400 e. The molecule has 0 amide bonds. The summed E-state index contributed by atoms with van der Waals surface area (Å²) in [5, 5.41) is 3.87. The molecule has 2 aromatic carbocycles. The number of fused-ring (bicyclic) bond motifs is 1. The van der Waals surface area contributed by atoms with Crippen molar-refractivity contribution in [2.75, 3.05) is 0 Å². The van der Waals surface area contributed by atoms with Gasteiger partial charge in [0.05, 0.1) is 0 Å². The summed E-state index contributed by atoms with van der Waals surface area (Å²) in [5.41, 5.74) is 2.30. The Morgan fingerprint density at radius 1 is 0.955 bits per heavy atom. The molecule has 22 heavy (non-hydrogen) atoms. The summed E-state index contributed by atoms with van der Waals surface area (Å²) in [6.45, 7) is 1.75. The summed E-state index contributed by atoms with van der Waals surface area (Å²) in [4.78, 5) is 8.44. The van der Waals surface area contributed by atoms with Crippen LogP contribution in [-0.4, -0.2) is 15.1 Å². The number of nitrogens with zero attached hydrogens (tertiary/aromatic N) is 3. The fourth-order valence-corrected chi connectivity index (χ4v) is 2.08. The van der Waals surface area contributed by atoms with Crippen LogP contribution in [0.3, 0.4) is 0 Å². The van der Waals surface area contributed by atoms with Crippen molar-refractivity contribution >= 4 is 11.1 Å². The summed E-state index contributed by atoms with van der Waals surface area (Å²) in [7, 11) is 0. The molecule has 0 saturated carbocycles. The first-order chi connectivity index (χ1) is 10.8. The Bertz CT molecular complexity index is 892. The van der Waals surface area contributed by atoms with Crippen LogP contribution in [0.4, 0.5) is 0 Å². The maximum absolute atomic E-state index is 5.62. The maximum Gasteiger partial charge on any atom is 0.400 e. The van der Waals surface area contributed by atoms with Crippen LogP contribution in [0.15, 0.2) is 57.5 Å². The van der Waals surface area contributed by atoms with E-state index in [9.17, 15) is 0 Å². The number of oxazole rings is 1. The maximum atomic E-state index is 5.62. The second-order valence-corrected chi connectivity index (χ2v) is 4.71. The van der Waals surface area contributed by atoms with Crippen LogP contribution in [-0.2, 0) is 0 Å². The van der Waals surface area contributed by atoms with E-state index in [0.29, 0.717) is 23.0 Å².